The quantitative estimate of drug-likeness (QED) is 0.346. The molecule has 1 unspecified atom stereocenters. The molecular weight excluding hydrogens is 562 g/mol. The molecule has 1 saturated heterocycles. The van der Waals surface area contributed by atoms with Gasteiger partial charge in [0.2, 0.25) is 0 Å². The van der Waals surface area contributed by atoms with Gasteiger partial charge >= 0.3 is 5.97 Å². The van der Waals surface area contributed by atoms with Gasteiger partial charge in [0.25, 0.3) is 16.0 Å². The summed E-state index contributed by atoms with van der Waals surface area (Å²) in [6.45, 7) is -0.140. The predicted octanol–water partition coefficient (Wildman–Crippen LogP) is 1.86. The standard InChI is InChI=1S/C27H29NO10S2/c1-35-20-12-18-19(13-21(20)36-2)27-11-10-16(29)14-26(27,25(31)37-3)23(38-40(4,33)34)24(30)28(27)15-22(18)39(32)17-8-6-5-7-9-17/h5-9,12-13,22-23H,10-11,14-15H2,1-4H3/t22-,23+,26+,27-,39?/m1/s1. The van der Waals surface area contributed by atoms with Crippen molar-refractivity contribution in [2.75, 3.05) is 34.1 Å². The number of rotatable bonds is 7. The van der Waals surface area contributed by atoms with Gasteiger partial charge in [-0.25, -0.2) is 0 Å². The molecule has 2 aliphatic heterocycles. The van der Waals surface area contributed by atoms with E-state index in [1.54, 1.807) is 42.5 Å². The lowest BCUT2D eigenvalue weighted by atomic mass is 9.56. The molecule has 1 spiro atoms. The lowest BCUT2D eigenvalue weighted by Crippen LogP contribution is -2.63. The van der Waals surface area contributed by atoms with Crippen LogP contribution in [0, 0.1) is 5.41 Å². The van der Waals surface area contributed by atoms with Crippen LogP contribution in [0.3, 0.4) is 0 Å². The van der Waals surface area contributed by atoms with Gasteiger partial charge in [-0.2, -0.15) is 8.42 Å². The van der Waals surface area contributed by atoms with Crippen molar-refractivity contribution in [2.24, 2.45) is 5.41 Å². The van der Waals surface area contributed by atoms with E-state index < -0.39 is 61.5 Å². The number of carbonyl (C=O) groups excluding carboxylic acids is 3. The molecule has 2 heterocycles. The van der Waals surface area contributed by atoms with Crippen LogP contribution < -0.4 is 9.47 Å². The number of esters is 1. The first-order valence-electron chi connectivity index (χ1n) is 12.5. The van der Waals surface area contributed by atoms with Crippen molar-refractivity contribution < 1.29 is 45.4 Å². The second-order valence-electron chi connectivity index (χ2n) is 10.1. The molecular formula is C27H29NO10S2. The largest absolute Gasteiger partial charge is 0.493 e. The molecule has 1 aliphatic carbocycles. The van der Waals surface area contributed by atoms with Crippen LogP contribution in [0.4, 0.5) is 0 Å². The summed E-state index contributed by atoms with van der Waals surface area (Å²) in [6, 6.07) is 12.0. The van der Waals surface area contributed by atoms with Crippen LogP contribution in [0.2, 0.25) is 0 Å². The summed E-state index contributed by atoms with van der Waals surface area (Å²) in [6.07, 6.45) is -1.58. The molecule has 3 aliphatic rings. The Bertz CT molecular complexity index is 1530. The number of benzene rings is 2. The van der Waals surface area contributed by atoms with E-state index in [1.165, 1.54) is 19.1 Å². The highest BCUT2D eigenvalue weighted by atomic mass is 32.2. The maximum Gasteiger partial charge on any atom is 0.318 e. The minimum atomic E-state index is -4.28. The van der Waals surface area contributed by atoms with E-state index >= 15 is 0 Å². The number of ether oxygens (including phenoxy) is 3. The summed E-state index contributed by atoms with van der Waals surface area (Å²) in [7, 11) is -1.98. The third-order valence-electron chi connectivity index (χ3n) is 8.13. The average Bonchev–Trinajstić information content (AvgIpc) is 3.15. The number of ketones is 1. The molecule has 1 saturated carbocycles. The molecule has 2 aromatic rings. The third kappa shape index (κ3) is 3.97. The molecule has 5 rings (SSSR count). The fourth-order valence-corrected chi connectivity index (χ4v) is 8.65. The van der Waals surface area contributed by atoms with Crippen LogP contribution in [-0.2, 0) is 49.8 Å². The maximum absolute atomic E-state index is 14.2. The SMILES string of the molecule is COC(=O)[C@@]12CC(=O)CC[C@@]13c1cc(OC)c(OC)cc1[C@H](S(=O)c1ccccc1)CN3C(=O)[C@@H]2OS(C)(=O)=O. The Kier molecular flexibility index (Phi) is 7.04. The molecule has 0 radical (unpaired) electrons. The van der Waals surface area contributed by atoms with Gasteiger partial charge < -0.3 is 19.1 Å². The Labute approximate surface area is 234 Å². The summed E-state index contributed by atoms with van der Waals surface area (Å²) in [4.78, 5) is 42.8. The molecule has 0 N–H and O–H groups in total. The topological polar surface area (TPSA) is 143 Å². The van der Waals surface area contributed by atoms with E-state index in [2.05, 4.69) is 0 Å². The van der Waals surface area contributed by atoms with E-state index in [0.29, 0.717) is 21.8 Å². The van der Waals surface area contributed by atoms with Crippen LogP contribution in [0.25, 0.3) is 0 Å². The molecule has 11 nitrogen and oxygen atoms in total. The van der Waals surface area contributed by atoms with Gasteiger partial charge in [0.15, 0.2) is 17.6 Å². The molecule has 2 fully saturated rings. The molecule has 214 valence electrons. The second-order valence-corrected chi connectivity index (χ2v) is 13.3. The van der Waals surface area contributed by atoms with Gasteiger partial charge in [-0.15, -0.1) is 0 Å². The fraction of sp³-hybridized carbons (Fsp3) is 0.444. The number of nitrogens with zero attached hydrogens (tertiary/aromatic N) is 1. The molecule has 13 heteroatoms. The highest BCUT2D eigenvalue weighted by molar-refractivity contribution is 7.86. The van der Waals surface area contributed by atoms with Crippen molar-refractivity contribution in [3.63, 3.8) is 0 Å². The smallest absolute Gasteiger partial charge is 0.318 e. The Morgan fingerprint density at radius 2 is 1.70 bits per heavy atom. The first-order chi connectivity index (χ1) is 18.9. The Balaban J connectivity index is 1.86. The van der Waals surface area contributed by atoms with Gasteiger partial charge in [-0.1, -0.05) is 18.2 Å². The lowest BCUT2D eigenvalue weighted by molar-refractivity contribution is -0.173. The monoisotopic (exact) mass is 591 g/mol. The van der Waals surface area contributed by atoms with Crippen LogP contribution in [-0.4, -0.2) is 75.4 Å². The predicted molar refractivity (Wildman–Crippen MR) is 142 cm³/mol. The van der Waals surface area contributed by atoms with Gasteiger partial charge in [0, 0.05) is 24.3 Å². The van der Waals surface area contributed by atoms with E-state index in [1.807, 2.05) is 0 Å². The summed E-state index contributed by atoms with van der Waals surface area (Å²) in [5.41, 5.74) is -2.67. The minimum Gasteiger partial charge on any atom is -0.493 e. The summed E-state index contributed by atoms with van der Waals surface area (Å²) < 4.78 is 60.5. The first kappa shape index (κ1) is 28.2. The van der Waals surface area contributed by atoms with Gasteiger partial charge in [0.05, 0.1) is 49.2 Å². The molecule has 5 atom stereocenters. The van der Waals surface area contributed by atoms with Gasteiger partial charge in [-0.05, 0) is 41.8 Å². The number of Topliss-reactive ketones (excluding diaryl/α,β-unsaturated/α-hetero) is 1. The average molecular weight is 592 g/mol. The first-order valence-corrected chi connectivity index (χ1v) is 15.5. The summed E-state index contributed by atoms with van der Waals surface area (Å²) in [5, 5.41) is -0.795. The Morgan fingerprint density at radius 1 is 1.05 bits per heavy atom. The molecule has 1 amide bonds. The Hall–Kier alpha value is -3.29. The fourth-order valence-electron chi connectivity index (χ4n) is 6.59. The van der Waals surface area contributed by atoms with Crippen molar-refractivity contribution in [1.29, 1.82) is 0 Å². The number of hydrogen-bond acceptors (Lipinski definition) is 10. The van der Waals surface area contributed by atoms with Crippen LogP contribution in [0.5, 0.6) is 11.5 Å². The zero-order chi connectivity index (χ0) is 29.0. The van der Waals surface area contributed by atoms with Crippen molar-refractivity contribution in [2.45, 2.75) is 41.1 Å². The van der Waals surface area contributed by atoms with Crippen molar-refractivity contribution in [3.05, 3.63) is 53.6 Å². The van der Waals surface area contributed by atoms with Crippen molar-refractivity contribution in [1.82, 2.24) is 4.90 Å². The number of methoxy groups -OCH3 is 3. The normalized spacial score (nSPS) is 28.2. The van der Waals surface area contributed by atoms with Gasteiger partial charge in [0.1, 0.15) is 11.2 Å². The zero-order valence-electron chi connectivity index (χ0n) is 22.4. The maximum atomic E-state index is 14.2. The Morgan fingerprint density at radius 3 is 2.30 bits per heavy atom. The second kappa shape index (κ2) is 9.96. The number of amides is 1. The van der Waals surface area contributed by atoms with Crippen molar-refractivity contribution >= 4 is 38.6 Å². The minimum absolute atomic E-state index is 0.00828. The van der Waals surface area contributed by atoms with Gasteiger partial charge in [-0.3, -0.25) is 22.8 Å². The molecule has 0 aromatic heterocycles. The van der Waals surface area contributed by atoms with E-state index in [4.69, 9.17) is 18.4 Å². The van der Waals surface area contributed by atoms with Crippen molar-refractivity contribution in [3.8, 4) is 11.5 Å². The number of hydrogen-bond donors (Lipinski definition) is 0. The summed E-state index contributed by atoms with van der Waals surface area (Å²) >= 11 is 0. The third-order valence-corrected chi connectivity index (χ3v) is 10.3. The molecule has 2 aromatic carbocycles. The van der Waals surface area contributed by atoms with E-state index in [9.17, 15) is 27.0 Å². The van der Waals surface area contributed by atoms with E-state index in [-0.39, 0.29) is 30.9 Å². The molecule has 40 heavy (non-hydrogen) atoms. The zero-order valence-corrected chi connectivity index (χ0v) is 24.0. The van der Waals surface area contributed by atoms with Crippen LogP contribution >= 0.6 is 0 Å². The number of carbonyl (C=O) groups is 3. The highest BCUT2D eigenvalue weighted by Gasteiger charge is 2.77. The highest BCUT2D eigenvalue weighted by Crippen LogP contribution is 2.65. The van der Waals surface area contributed by atoms with Crippen LogP contribution in [0.15, 0.2) is 47.4 Å². The van der Waals surface area contributed by atoms with Crippen LogP contribution in [0.1, 0.15) is 35.6 Å². The number of fused-ring (bicyclic) bond motifs is 1. The molecule has 0 bridgehead atoms. The summed E-state index contributed by atoms with van der Waals surface area (Å²) in [5.74, 6) is -1.48. The van der Waals surface area contributed by atoms with E-state index in [0.717, 1.165) is 13.4 Å². The lowest BCUT2D eigenvalue weighted by Gasteiger charge is -2.54.